The molecule has 2 aromatic rings. The Morgan fingerprint density at radius 1 is 0.743 bits per heavy atom. The zero-order valence-electron chi connectivity index (χ0n) is 20.2. The van der Waals surface area contributed by atoms with Crippen molar-refractivity contribution in [3.63, 3.8) is 0 Å². The number of nitrogens with two attached hydrogens (primary N) is 4. The highest BCUT2D eigenvalue weighted by molar-refractivity contribution is 9.10. The van der Waals surface area contributed by atoms with E-state index in [1.54, 1.807) is 40.6 Å². The fourth-order valence-corrected chi connectivity index (χ4v) is 4.01. The van der Waals surface area contributed by atoms with Crippen LogP contribution in [0.3, 0.4) is 0 Å². The van der Waals surface area contributed by atoms with Gasteiger partial charge < -0.3 is 31.7 Å². The Morgan fingerprint density at radius 2 is 1.23 bits per heavy atom. The van der Waals surface area contributed by atoms with Crippen LogP contribution >= 0.6 is 15.9 Å². The topological polar surface area (TPSA) is 151 Å². The first-order valence-corrected chi connectivity index (χ1v) is 12.7. The average Bonchev–Trinajstić information content (AvgIpc) is 2.81. The molecule has 0 bridgehead atoms. The van der Waals surface area contributed by atoms with Gasteiger partial charge >= 0.3 is 0 Å². The maximum atomic E-state index is 9.57. The molecule has 0 aliphatic carbocycles. The summed E-state index contributed by atoms with van der Waals surface area (Å²) in [5.41, 5.74) is 16.0. The van der Waals surface area contributed by atoms with E-state index in [0.29, 0.717) is 17.6 Å². The quantitative estimate of drug-likeness (QED) is 0.112. The second kappa shape index (κ2) is 15.2. The zero-order valence-corrected chi connectivity index (χ0v) is 21.8. The standard InChI is InChI=1S/C26H39BrN6O2/c27-25-17-21(9-12-26(25)35)14-16-33(31)19-23(29)6-4-2-1-3-5-22(28)18-32(30)15-13-20-7-10-24(34)11-8-20/h7-12,17-19,34-35H,1-6,13-16,28-31H2/b22-18-,23-19-. The summed E-state index contributed by atoms with van der Waals surface area (Å²) in [7, 11) is 0. The average molecular weight is 548 g/mol. The molecule has 0 heterocycles. The summed E-state index contributed by atoms with van der Waals surface area (Å²) in [5.74, 6) is 12.6. The minimum Gasteiger partial charge on any atom is -0.508 e. The molecule has 0 saturated carbocycles. The van der Waals surface area contributed by atoms with Crippen LogP contribution < -0.4 is 23.2 Å². The van der Waals surface area contributed by atoms with E-state index < -0.39 is 0 Å². The van der Waals surface area contributed by atoms with Gasteiger partial charge in [-0.2, -0.15) is 0 Å². The number of benzene rings is 2. The van der Waals surface area contributed by atoms with Gasteiger partial charge in [-0.15, -0.1) is 0 Å². The van der Waals surface area contributed by atoms with Crippen molar-refractivity contribution < 1.29 is 10.2 Å². The SMILES string of the molecule is N/C(=C\N(N)CCc1ccc(O)cc1)CCCCCC/C(N)=C/N(N)CCc1ccc(O)c(Br)c1. The molecule has 2 aromatic carbocycles. The minimum absolute atomic E-state index is 0.226. The lowest BCUT2D eigenvalue weighted by molar-refractivity contribution is 0.392. The first kappa shape index (κ1) is 28.4. The zero-order chi connectivity index (χ0) is 25.6. The molecule has 10 N–H and O–H groups in total. The van der Waals surface area contributed by atoms with Crippen LogP contribution in [0.25, 0.3) is 0 Å². The molecular formula is C26H39BrN6O2. The molecule has 0 amide bonds. The molecule has 0 atom stereocenters. The van der Waals surface area contributed by atoms with Crippen molar-refractivity contribution in [1.29, 1.82) is 0 Å². The smallest absolute Gasteiger partial charge is 0.129 e. The van der Waals surface area contributed by atoms with E-state index in [1.165, 1.54) is 0 Å². The maximum Gasteiger partial charge on any atom is 0.129 e. The number of nitrogens with zero attached hydrogens (tertiary/aromatic N) is 2. The number of allylic oxidation sites excluding steroid dienone is 2. The fourth-order valence-electron chi connectivity index (χ4n) is 3.58. The van der Waals surface area contributed by atoms with Crippen LogP contribution in [-0.4, -0.2) is 33.3 Å². The molecule has 0 fully saturated rings. The summed E-state index contributed by atoms with van der Waals surface area (Å²) in [5, 5.41) is 22.1. The van der Waals surface area contributed by atoms with Crippen molar-refractivity contribution >= 4 is 15.9 Å². The van der Waals surface area contributed by atoms with Crippen molar-refractivity contribution in [3.05, 3.63) is 81.9 Å². The van der Waals surface area contributed by atoms with Gasteiger partial charge in [-0.25, -0.2) is 11.7 Å². The number of unbranched alkanes of at least 4 members (excludes halogenated alkanes) is 3. The highest BCUT2D eigenvalue weighted by atomic mass is 79.9. The number of hydrogen-bond acceptors (Lipinski definition) is 8. The van der Waals surface area contributed by atoms with Crippen molar-refractivity contribution in [1.82, 2.24) is 10.0 Å². The number of halogens is 1. The highest BCUT2D eigenvalue weighted by Crippen LogP contribution is 2.24. The Labute approximate surface area is 216 Å². The Hall–Kier alpha value is -2.88. The molecule has 8 nitrogen and oxygen atoms in total. The predicted octanol–water partition coefficient (Wildman–Crippen LogP) is 3.94. The molecule has 2 rings (SSSR count). The van der Waals surface area contributed by atoms with Crippen molar-refractivity contribution in [3.8, 4) is 11.5 Å². The van der Waals surface area contributed by atoms with E-state index in [-0.39, 0.29) is 11.5 Å². The molecule has 0 unspecified atom stereocenters. The van der Waals surface area contributed by atoms with E-state index in [9.17, 15) is 10.2 Å². The molecule has 35 heavy (non-hydrogen) atoms. The number of phenols is 2. The van der Waals surface area contributed by atoms with Gasteiger partial charge in [0.1, 0.15) is 11.5 Å². The van der Waals surface area contributed by atoms with Gasteiger partial charge in [0.05, 0.1) is 4.47 Å². The third-order valence-electron chi connectivity index (χ3n) is 5.61. The predicted molar refractivity (Wildman–Crippen MR) is 145 cm³/mol. The van der Waals surface area contributed by atoms with E-state index in [4.69, 9.17) is 23.2 Å². The van der Waals surface area contributed by atoms with Crippen molar-refractivity contribution in [2.24, 2.45) is 23.2 Å². The molecule has 0 aliphatic rings. The van der Waals surface area contributed by atoms with Gasteiger partial charge in [-0.05, 0) is 89.8 Å². The third-order valence-corrected chi connectivity index (χ3v) is 6.25. The third kappa shape index (κ3) is 11.9. The molecule has 0 radical (unpaired) electrons. The molecule has 0 saturated heterocycles. The summed E-state index contributed by atoms with van der Waals surface area (Å²) in [6.07, 6.45) is 10.9. The molecular weight excluding hydrogens is 508 g/mol. The van der Waals surface area contributed by atoms with Crippen LogP contribution in [0.2, 0.25) is 0 Å². The molecule has 0 aromatic heterocycles. The Kier molecular flexibility index (Phi) is 12.3. The second-order valence-corrected chi connectivity index (χ2v) is 9.60. The summed E-state index contributed by atoms with van der Waals surface area (Å²) in [6.45, 7) is 1.29. The van der Waals surface area contributed by atoms with Gasteiger partial charge in [0.2, 0.25) is 0 Å². The van der Waals surface area contributed by atoms with E-state index in [1.807, 2.05) is 24.3 Å². The number of phenolic OH excluding ortho intramolecular Hbond substituents is 2. The van der Waals surface area contributed by atoms with Crippen LogP contribution in [0.15, 0.2) is 70.7 Å². The summed E-state index contributed by atoms with van der Waals surface area (Å²) >= 11 is 3.32. The first-order chi connectivity index (χ1) is 16.7. The van der Waals surface area contributed by atoms with Crippen LogP contribution in [0.4, 0.5) is 0 Å². The minimum atomic E-state index is 0.226. The molecule has 192 valence electrons. The maximum absolute atomic E-state index is 9.57. The van der Waals surface area contributed by atoms with Crippen molar-refractivity contribution in [2.45, 2.75) is 51.4 Å². The van der Waals surface area contributed by atoms with E-state index in [2.05, 4.69) is 15.9 Å². The highest BCUT2D eigenvalue weighted by Gasteiger charge is 2.03. The summed E-state index contributed by atoms with van der Waals surface area (Å²) in [4.78, 5) is 0. The fraction of sp³-hybridized carbons (Fsp3) is 0.385. The Balaban J connectivity index is 1.56. The first-order valence-electron chi connectivity index (χ1n) is 11.9. The largest absolute Gasteiger partial charge is 0.508 e. The van der Waals surface area contributed by atoms with Gasteiger partial charge in [0.15, 0.2) is 0 Å². The lowest BCUT2D eigenvalue weighted by Crippen LogP contribution is -2.28. The normalized spacial score (nSPS) is 12.1. The van der Waals surface area contributed by atoms with E-state index >= 15 is 0 Å². The number of hydrazine groups is 2. The molecule has 0 spiro atoms. The number of rotatable bonds is 15. The lowest BCUT2D eigenvalue weighted by Gasteiger charge is -2.15. The molecule has 0 aliphatic heterocycles. The van der Waals surface area contributed by atoms with Crippen LogP contribution in [0.1, 0.15) is 49.7 Å². The van der Waals surface area contributed by atoms with Gasteiger partial charge in [0.25, 0.3) is 0 Å². The van der Waals surface area contributed by atoms with Crippen LogP contribution in [0, 0.1) is 0 Å². The van der Waals surface area contributed by atoms with Gasteiger partial charge in [-0.1, -0.05) is 31.0 Å². The molecule has 9 heteroatoms. The summed E-state index contributed by atoms with van der Waals surface area (Å²) in [6, 6.07) is 12.6. The second-order valence-electron chi connectivity index (χ2n) is 8.75. The monoisotopic (exact) mass is 546 g/mol. The summed E-state index contributed by atoms with van der Waals surface area (Å²) < 4.78 is 0.678. The van der Waals surface area contributed by atoms with Crippen LogP contribution in [-0.2, 0) is 12.8 Å². The van der Waals surface area contributed by atoms with E-state index in [0.717, 1.165) is 73.9 Å². The number of hydrogen-bond donors (Lipinski definition) is 6. The van der Waals surface area contributed by atoms with Gasteiger partial charge in [0, 0.05) is 36.9 Å². The van der Waals surface area contributed by atoms with Gasteiger partial charge in [-0.3, -0.25) is 0 Å². The van der Waals surface area contributed by atoms with Crippen LogP contribution in [0.5, 0.6) is 11.5 Å². The lowest BCUT2D eigenvalue weighted by atomic mass is 10.1. The number of aromatic hydroxyl groups is 2. The Morgan fingerprint density at radius 3 is 1.74 bits per heavy atom. The Bertz CT molecular complexity index is 965. The van der Waals surface area contributed by atoms with Crippen molar-refractivity contribution in [2.75, 3.05) is 13.1 Å².